The van der Waals surface area contributed by atoms with Gasteiger partial charge in [-0.2, -0.15) is 0 Å². The Morgan fingerprint density at radius 2 is 1.76 bits per heavy atom. The predicted octanol–water partition coefficient (Wildman–Crippen LogP) is 7.01. The van der Waals surface area contributed by atoms with Crippen LogP contribution in [0.15, 0.2) is 73.1 Å². The highest BCUT2D eigenvalue weighted by Crippen LogP contribution is 2.34. The van der Waals surface area contributed by atoms with Crippen LogP contribution in [0.3, 0.4) is 0 Å². The van der Waals surface area contributed by atoms with Crippen molar-refractivity contribution in [1.82, 2.24) is 15.0 Å². The number of aromatic nitrogens is 3. The summed E-state index contributed by atoms with van der Waals surface area (Å²) in [5.41, 5.74) is 2.63. The van der Waals surface area contributed by atoms with Gasteiger partial charge in [-0.25, -0.2) is 23.7 Å². The second-order valence-electron chi connectivity index (χ2n) is 7.09. The zero-order chi connectivity index (χ0) is 22.8. The van der Waals surface area contributed by atoms with E-state index in [1.54, 1.807) is 42.5 Å². The Morgan fingerprint density at radius 1 is 0.939 bits per heavy atom. The Hall–Kier alpha value is -3.62. The molecule has 0 fully saturated rings. The average molecular weight is 481 g/mol. The van der Waals surface area contributed by atoms with Gasteiger partial charge in [-0.3, -0.25) is 0 Å². The number of ether oxygens (including phenoxy) is 1. The van der Waals surface area contributed by atoms with Crippen molar-refractivity contribution < 1.29 is 13.5 Å². The predicted molar refractivity (Wildman–Crippen MR) is 126 cm³/mol. The Morgan fingerprint density at radius 3 is 2.55 bits per heavy atom. The molecule has 0 amide bonds. The lowest BCUT2D eigenvalue weighted by molar-refractivity contribution is 0.306. The first-order chi connectivity index (χ1) is 16.0. The van der Waals surface area contributed by atoms with E-state index < -0.39 is 0 Å². The van der Waals surface area contributed by atoms with Gasteiger partial charge in [0.05, 0.1) is 5.02 Å². The summed E-state index contributed by atoms with van der Waals surface area (Å²) in [6, 6.07) is 17.7. The molecule has 0 aliphatic carbocycles. The number of fused-ring (bicyclic) bond motifs is 1. The Labute approximate surface area is 196 Å². The largest absolute Gasteiger partial charge is 0.487 e. The number of benzene rings is 3. The highest BCUT2D eigenvalue weighted by Gasteiger charge is 2.13. The van der Waals surface area contributed by atoms with Crippen molar-refractivity contribution in [3.63, 3.8) is 0 Å². The standard InChI is InChI=1S/C24H15ClF2N4OS/c25-19-11-18(7-8-20(19)32-12-14-3-1-5-16(26)9-14)30-22-21-24(29-13-28-22)33-23(31-21)15-4-2-6-17(27)10-15/h1-11,13H,12H2,(H,28,29,30). The molecular weight excluding hydrogens is 466 g/mol. The smallest absolute Gasteiger partial charge is 0.161 e. The molecule has 2 aromatic heterocycles. The summed E-state index contributed by atoms with van der Waals surface area (Å²) in [7, 11) is 0. The quantitative estimate of drug-likeness (QED) is 0.283. The third-order valence-corrected chi connectivity index (χ3v) is 6.05. The molecule has 5 aromatic rings. The molecule has 164 valence electrons. The van der Waals surface area contributed by atoms with Gasteiger partial charge in [0.1, 0.15) is 45.7 Å². The van der Waals surface area contributed by atoms with E-state index in [1.807, 2.05) is 0 Å². The van der Waals surface area contributed by atoms with Gasteiger partial charge < -0.3 is 10.1 Å². The molecule has 9 heteroatoms. The molecule has 0 aliphatic heterocycles. The fraction of sp³-hybridized carbons (Fsp3) is 0.0417. The molecule has 0 spiro atoms. The number of anilines is 2. The van der Waals surface area contributed by atoms with E-state index >= 15 is 0 Å². The number of thiazole rings is 1. The summed E-state index contributed by atoms with van der Waals surface area (Å²) in [4.78, 5) is 13.9. The number of halogens is 3. The van der Waals surface area contributed by atoms with E-state index in [0.29, 0.717) is 48.8 Å². The van der Waals surface area contributed by atoms with E-state index in [9.17, 15) is 8.78 Å². The summed E-state index contributed by atoms with van der Waals surface area (Å²) in [6.45, 7) is 0.193. The van der Waals surface area contributed by atoms with Crippen LogP contribution in [0.1, 0.15) is 5.56 Å². The maximum absolute atomic E-state index is 13.6. The van der Waals surface area contributed by atoms with Gasteiger partial charge >= 0.3 is 0 Å². The Balaban J connectivity index is 1.36. The van der Waals surface area contributed by atoms with Crippen LogP contribution in [-0.2, 0) is 6.61 Å². The fourth-order valence-electron chi connectivity index (χ4n) is 3.21. The van der Waals surface area contributed by atoms with Gasteiger partial charge in [-0.05, 0) is 48.0 Å². The number of rotatable bonds is 6. The van der Waals surface area contributed by atoms with Crippen LogP contribution in [0, 0.1) is 11.6 Å². The first-order valence-corrected chi connectivity index (χ1v) is 11.1. The second-order valence-corrected chi connectivity index (χ2v) is 8.48. The molecule has 0 atom stereocenters. The van der Waals surface area contributed by atoms with Crippen LogP contribution in [0.5, 0.6) is 5.75 Å². The summed E-state index contributed by atoms with van der Waals surface area (Å²) in [5, 5.41) is 4.24. The highest BCUT2D eigenvalue weighted by atomic mass is 35.5. The molecule has 5 nitrogen and oxygen atoms in total. The SMILES string of the molecule is Fc1cccc(COc2ccc(Nc3ncnc4sc(-c5cccc(F)c5)nc34)cc2Cl)c1. The Bertz CT molecular complexity index is 1460. The van der Waals surface area contributed by atoms with Gasteiger partial charge in [0.25, 0.3) is 0 Å². The second kappa shape index (κ2) is 9.09. The first kappa shape index (κ1) is 21.2. The molecule has 33 heavy (non-hydrogen) atoms. The zero-order valence-electron chi connectivity index (χ0n) is 16.9. The number of nitrogens with one attached hydrogen (secondary N) is 1. The first-order valence-electron chi connectivity index (χ1n) is 9.86. The molecule has 0 saturated heterocycles. The molecule has 1 N–H and O–H groups in total. The molecule has 0 aliphatic rings. The summed E-state index contributed by atoms with van der Waals surface area (Å²) in [6.07, 6.45) is 1.44. The van der Waals surface area contributed by atoms with Crippen LogP contribution in [0.25, 0.3) is 20.9 Å². The minimum absolute atomic E-state index is 0.193. The molecule has 0 unspecified atom stereocenters. The minimum Gasteiger partial charge on any atom is -0.487 e. The number of hydrogen-bond donors (Lipinski definition) is 1. The molecule has 3 aromatic carbocycles. The maximum atomic E-state index is 13.6. The molecule has 0 saturated carbocycles. The van der Waals surface area contributed by atoms with Crippen molar-refractivity contribution in [2.45, 2.75) is 6.61 Å². The normalized spacial score (nSPS) is 11.0. The van der Waals surface area contributed by atoms with Crippen LogP contribution >= 0.6 is 22.9 Å². The molecular formula is C24H15ClF2N4OS. The topological polar surface area (TPSA) is 59.9 Å². The molecule has 0 bridgehead atoms. The van der Waals surface area contributed by atoms with E-state index in [-0.39, 0.29) is 18.2 Å². The number of hydrogen-bond acceptors (Lipinski definition) is 6. The fourth-order valence-corrected chi connectivity index (χ4v) is 4.35. The van der Waals surface area contributed by atoms with Crippen molar-refractivity contribution in [2.24, 2.45) is 0 Å². The van der Waals surface area contributed by atoms with Crippen molar-refractivity contribution in [1.29, 1.82) is 0 Å². The highest BCUT2D eigenvalue weighted by molar-refractivity contribution is 7.21. The third kappa shape index (κ3) is 4.76. The minimum atomic E-state index is -0.328. The Kier molecular flexibility index (Phi) is 5.85. The van der Waals surface area contributed by atoms with Gasteiger partial charge in [0.15, 0.2) is 5.82 Å². The van der Waals surface area contributed by atoms with E-state index in [1.165, 1.54) is 41.9 Å². The van der Waals surface area contributed by atoms with E-state index in [0.717, 1.165) is 0 Å². The third-order valence-electron chi connectivity index (χ3n) is 4.74. The lowest BCUT2D eigenvalue weighted by Crippen LogP contribution is -1.98. The van der Waals surface area contributed by atoms with E-state index in [4.69, 9.17) is 16.3 Å². The monoisotopic (exact) mass is 480 g/mol. The maximum Gasteiger partial charge on any atom is 0.161 e. The van der Waals surface area contributed by atoms with Gasteiger partial charge in [0, 0.05) is 11.3 Å². The average Bonchev–Trinajstić information content (AvgIpc) is 3.24. The molecule has 2 heterocycles. The van der Waals surface area contributed by atoms with Crippen LogP contribution in [0.4, 0.5) is 20.3 Å². The molecule has 5 rings (SSSR count). The molecule has 0 radical (unpaired) electrons. The zero-order valence-corrected chi connectivity index (χ0v) is 18.5. The van der Waals surface area contributed by atoms with Crippen molar-refractivity contribution >= 4 is 44.8 Å². The van der Waals surface area contributed by atoms with Crippen LogP contribution < -0.4 is 10.1 Å². The van der Waals surface area contributed by atoms with Gasteiger partial charge in [0.2, 0.25) is 0 Å². The van der Waals surface area contributed by atoms with E-state index in [2.05, 4.69) is 20.3 Å². The van der Waals surface area contributed by atoms with Crippen molar-refractivity contribution in [2.75, 3.05) is 5.32 Å². The lowest BCUT2D eigenvalue weighted by Gasteiger charge is -2.11. The lowest BCUT2D eigenvalue weighted by atomic mass is 10.2. The van der Waals surface area contributed by atoms with Crippen LogP contribution in [-0.4, -0.2) is 15.0 Å². The summed E-state index contributed by atoms with van der Waals surface area (Å²) >= 11 is 7.74. The summed E-state index contributed by atoms with van der Waals surface area (Å²) in [5.74, 6) is 0.329. The van der Waals surface area contributed by atoms with Gasteiger partial charge in [-0.15, -0.1) is 0 Å². The van der Waals surface area contributed by atoms with Crippen molar-refractivity contribution in [3.05, 3.63) is 95.3 Å². The summed E-state index contributed by atoms with van der Waals surface area (Å²) < 4.78 is 32.7. The number of nitrogens with zero attached hydrogens (tertiary/aromatic N) is 3. The van der Waals surface area contributed by atoms with Crippen LogP contribution in [0.2, 0.25) is 5.02 Å². The van der Waals surface area contributed by atoms with Gasteiger partial charge in [-0.1, -0.05) is 47.2 Å². The van der Waals surface area contributed by atoms with Crippen molar-refractivity contribution in [3.8, 4) is 16.3 Å².